The van der Waals surface area contributed by atoms with Gasteiger partial charge in [-0.15, -0.1) is 0 Å². The number of nitrogens with zero attached hydrogens (tertiary/aromatic N) is 1. The number of carbonyl (C=O) groups excluding carboxylic acids is 2. The van der Waals surface area contributed by atoms with Crippen molar-refractivity contribution < 1.29 is 28.6 Å². The molecule has 2 N–H and O–H groups in total. The molecule has 0 saturated carbocycles. The molecule has 30 heavy (non-hydrogen) atoms. The van der Waals surface area contributed by atoms with Crippen LogP contribution in [0.5, 0.6) is 5.75 Å². The summed E-state index contributed by atoms with van der Waals surface area (Å²) in [6.45, 7) is 0.0168. The summed E-state index contributed by atoms with van der Waals surface area (Å²) in [5.41, 5.74) is 2.74. The lowest BCUT2D eigenvalue weighted by molar-refractivity contribution is -0.137. The zero-order valence-corrected chi connectivity index (χ0v) is 17.0. The van der Waals surface area contributed by atoms with Crippen molar-refractivity contribution in [2.75, 3.05) is 6.61 Å². The van der Waals surface area contributed by atoms with Crippen molar-refractivity contribution in [1.82, 2.24) is 10.4 Å². The number of aliphatic carboxylic acids is 1. The Morgan fingerprint density at radius 2 is 2.00 bits per heavy atom. The van der Waals surface area contributed by atoms with E-state index in [9.17, 15) is 18.8 Å². The van der Waals surface area contributed by atoms with Gasteiger partial charge >= 0.3 is 5.97 Å². The number of thiocarbonyl (C=S) groups is 1. The average molecular weight is 446 g/mol. The van der Waals surface area contributed by atoms with Crippen molar-refractivity contribution in [3.63, 3.8) is 0 Å². The van der Waals surface area contributed by atoms with Crippen molar-refractivity contribution >= 4 is 52.2 Å². The summed E-state index contributed by atoms with van der Waals surface area (Å²) < 4.78 is 19.3. The number of ether oxygens (including phenoxy) is 1. The maximum Gasteiger partial charge on any atom is 0.306 e. The molecule has 1 aliphatic heterocycles. The Kier molecular flexibility index (Phi) is 6.80. The number of benzene rings is 2. The van der Waals surface area contributed by atoms with E-state index in [0.717, 1.165) is 22.8 Å². The zero-order valence-electron chi connectivity index (χ0n) is 15.3. The fourth-order valence-electron chi connectivity index (χ4n) is 2.47. The van der Waals surface area contributed by atoms with Crippen LogP contribution >= 0.6 is 24.0 Å². The first kappa shape index (κ1) is 21.5. The van der Waals surface area contributed by atoms with E-state index in [1.165, 1.54) is 18.2 Å². The van der Waals surface area contributed by atoms with E-state index in [1.54, 1.807) is 30.3 Å². The first-order valence-electron chi connectivity index (χ1n) is 8.63. The molecule has 2 amide bonds. The summed E-state index contributed by atoms with van der Waals surface area (Å²) >= 11 is 6.15. The number of carboxylic acids is 1. The molecule has 10 heteroatoms. The fraction of sp³-hybridized carbons (Fsp3) is 0.100. The highest BCUT2D eigenvalue weighted by molar-refractivity contribution is 8.26. The second kappa shape index (κ2) is 9.51. The summed E-state index contributed by atoms with van der Waals surface area (Å²) in [5.74, 6) is -2.57. The molecule has 3 rings (SSSR count). The first-order chi connectivity index (χ1) is 14.3. The minimum Gasteiger partial charge on any atom is -0.493 e. The summed E-state index contributed by atoms with van der Waals surface area (Å²) in [5, 5.41) is 9.56. The Morgan fingerprint density at radius 1 is 1.23 bits per heavy atom. The summed E-state index contributed by atoms with van der Waals surface area (Å²) in [6, 6.07) is 12.1. The van der Waals surface area contributed by atoms with Crippen LogP contribution in [0.1, 0.15) is 22.3 Å². The minimum atomic E-state index is -0.966. The second-order valence-electron chi connectivity index (χ2n) is 6.00. The van der Waals surface area contributed by atoms with Gasteiger partial charge in [-0.3, -0.25) is 19.8 Å². The predicted octanol–water partition coefficient (Wildman–Crippen LogP) is 3.23. The van der Waals surface area contributed by atoms with Crippen LogP contribution in [0.3, 0.4) is 0 Å². The minimum absolute atomic E-state index is 0.0168. The van der Waals surface area contributed by atoms with Gasteiger partial charge in [-0.05, 0) is 48.1 Å². The van der Waals surface area contributed by atoms with Crippen molar-refractivity contribution in [2.45, 2.75) is 6.42 Å². The normalized spacial score (nSPS) is 14.8. The van der Waals surface area contributed by atoms with Gasteiger partial charge in [-0.1, -0.05) is 36.0 Å². The maximum absolute atomic E-state index is 13.8. The topological polar surface area (TPSA) is 95.9 Å². The van der Waals surface area contributed by atoms with E-state index in [0.29, 0.717) is 11.3 Å². The quantitative estimate of drug-likeness (QED) is 0.498. The van der Waals surface area contributed by atoms with Crippen LogP contribution in [0.25, 0.3) is 6.08 Å². The van der Waals surface area contributed by atoms with E-state index in [-0.39, 0.29) is 27.8 Å². The van der Waals surface area contributed by atoms with Gasteiger partial charge in [0.2, 0.25) is 0 Å². The SMILES string of the molecule is O=C(O)CCOc1cccc(/C=C2/SC(=S)N(NC(=O)c3ccccc3F)C2=O)c1. The molecule has 1 aliphatic rings. The lowest BCUT2D eigenvalue weighted by Crippen LogP contribution is -2.45. The fourth-order valence-corrected chi connectivity index (χ4v) is 3.65. The highest BCUT2D eigenvalue weighted by Gasteiger charge is 2.34. The van der Waals surface area contributed by atoms with Crippen LogP contribution in [0, 0.1) is 5.82 Å². The number of carboxylic acid groups (broad SMARTS) is 1. The third kappa shape index (κ3) is 5.22. The van der Waals surface area contributed by atoms with Crippen LogP contribution in [0.2, 0.25) is 0 Å². The molecule has 0 aromatic heterocycles. The van der Waals surface area contributed by atoms with Crippen LogP contribution in [-0.4, -0.2) is 38.8 Å². The Balaban J connectivity index is 1.71. The average Bonchev–Trinajstić information content (AvgIpc) is 2.95. The molecule has 1 saturated heterocycles. The molecule has 0 spiro atoms. The van der Waals surface area contributed by atoms with E-state index in [1.807, 2.05) is 0 Å². The van der Waals surface area contributed by atoms with Gasteiger partial charge in [0, 0.05) is 0 Å². The van der Waals surface area contributed by atoms with Gasteiger partial charge in [-0.25, -0.2) is 4.39 Å². The van der Waals surface area contributed by atoms with E-state index in [4.69, 9.17) is 22.1 Å². The van der Waals surface area contributed by atoms with Crippen LogP contribution in [0.15, 0.2) is 53.4 Å². The highest BCUT2D eigenvalue weighted by atomic mass is 32.2. The smallest absolute Gasteiger partial charge is 0.306 e. The van der Waals surface area contributed by atoms with Gasteiger partial charge in [0.1, 0.15) is 11.6 Å². The molecule has 0 unspecified atom stereocenters. The molecule has 154 valence electrons. The lowest BCUT2D eigenvalue weighted by Gasteiger charge is -2.15. The first-order valence-corrected chi connectivity index (χ1v) is 9.86. The van der Waals surface area contributed by atoms with Crippen molar-refractivity contribution in [2.24, 2.45) is 0 Å². The van der Waals surface area contributed by atoms with E-state index in [2.05, 4.69) is 5.43 Å². The molecule has 0 atom stereocenters. The Bertz CT molecular complexity index is 1060. The Morgan fingerprint density at radius 3 is 2.73 bits per heavy atom. The van der Waals surface area contributed by atoms with Crippen molar-refractivity contribution in [3.05, 3.63) is 70.4 Å². The molecule has 0 bridgehead atoms. The van der Waals surface area contributed by atoms with Crippen LogP contribution in [-0.2, 0) is 9.59 Å². The molecule has 7 nitrogen and oxygen atoms in total. The third-order valence-corrected chi connectivity index (χ3v) is 5.17. The molecule has 0 aliphatic carbocycles. The molecule has 0 radical (unpaired) electrons. The molecule has 2 aromatic rings. The number of nitrogens with one attached hydrogen (secondary N) is 1. The number of hydrazine groups is 1. The molecular formula is C20H15FN2O5S2. The van der Waals surface area contributed by atoms with Crippen molar-refractivity contribution in [1.29, 1.82) is 0 Å². The van der Waals surface area contributed by atoms with Gasteiger partial charge in [-0.2, -0.15) is 5.01 Å². The van der Waals surface area contributed by atoms with Gasteiger partial charge in [0.25, 0.3) is 11.8 Å². The van der Waals surface area contributed by atoms with Crippen LogP contribution < -0.4 is 10.2 Å². The lowest BCUT2D eigenvalue weighted by atomic mass is 10.2. The van der Waals surface area contributed by atoms with Crippen LogP contribution in [0.4, 0.5) is 4.39 Å². The Labute approximate surface area is 180 Å². The highest BCUT2D eigenvalue weighted by Crippen LogP contribution is 2.32. The molecular weight excluding hydrogens is 431 g/mol. The maximum atomic E-state index is 13.8. The Hall–Kier alpha value is -3.24. The summed E-state index contributed by atoms with van der Waals surface area (Å²) in [4.78, 5) is 35.8. The van der Waals surface area contributed by atoms with E-state index >= 15 is 0 Å². The summed E-state index contributed by atoms with van der Waals surface area (Å²) in [6.07, 6.45) is 1.43. The number of hydrogen-bond donors (Lipinski definition) is 2. The second-order valence-corrected chi connectivity index (χ2v) is 7.68. The molecule has 1 fully saturated rings. The number of hydrogen-bond acceptors (Lipinski definition) is 6. The molecule has 1 heterocycles. The zero-order chi connectivity index (χ0) is 21.7. The predicted molar refractivity (Wildman–Crippen MR) is 113 cm³/mol. The van der Waals surface area contributed by atoms with E-state index < -0.39 is 23.6 Å². The molecule has 2 aromatic carbocycles. The number of rotatable bonds is 7. The number of amides is 2. The monoisotopic (exact) mass is 446 g/mol. The third-order valence-electron chi connectivity index (χ3n) is 3.87. The number of halogens is 1. The van der Waals surface area contributed by atoms with Gasteiger partial charge < -0.3 is 9.84 Å². The standard InChI is InChI=1S/C20H15FN2O5S2/c21-15-7-2-1-6-14(15)18(26)22-23-19(27)16(30-20(23)29)11-12-4-3-5-13(10-12)28-9-8-17(24)25/h1-7,10-11H,8-9H2,(H,22,26)(H,24,25)/b16-11+. The number of carbonyl (C=O) groups is 3. The van der Waals surface area contributed by atoms with Gasteiger partial charge in [0.15, 0.2) is 4.32 Å². The van der Waals surface area contributed by atoms with Gasteiger partial charge in [0.05, 0.1) is 23.5 Å². The summed E-state index contributed by atoms with van der Waals surface area (Å²) in [7, 11) is 0. The largest absolute Gasteiger partial charge is 0.493 e. The van der Waals surface area contributed by atoms with Crippen molar-refractivity contribution in [3.8, 4) is 5.75 Å². The number of thioether (sulfide) groups is 1.